The van der Waals surface area contributed by atoms with Crippen molar-refractivity contribution in [3.8, 4) is 5.95 Å². The Morgan fingerprint density at radius 1 is 1.77 bits per heavy atom. The van der Waals surface area contributed by atoms with Gasteiger partial charge in [-0.2, -0.15) is 0 Å². The number of ether oxygens (including phenoxy) is 1. The fourth-order valence-corrected chi connectivity index (χ4v) is 0.886. The molecule has 0 unspecified atom stereocenters. The topological polar surface area (TPSA) is 84.8 Å². The van der Waals surface area contributed by atoms with Crippen molar-refractivity contribution in [2.75, 3.05) is 25.3 Å². The smallest absolute Gasteiger partial charge is 0.310 e. The minimum atomic E-state index is -0.239. The molecule has 0 aliphatic carbocycles. The van der Waals surface area contributed by atoms with E-state index in [2.05, 4.69) is 9.68 Å². The van der Waals surface area contributed by atoms with Crippen LogP contribution in [0.15, 0.2) is 10.6 Å². The highest BCUT2D eigenvalue weighted by Gasteiger charge is 2.07. The van der Waals surface area contributed by atoms with Crippen molar-refractivity contribution in [2.45, 2.75) is 6.42 Å². The highest BCUT2D eigenvalue weighted by Crippen LogP contribution is 2.16. The second-order valence-electron chi connectivity index (χ2n) is 2.56. The van der Waals surface area contributed by atoms with Gasteiger partial charge in [-0.1, -0.05) is 5.16 Å². The summed E-state index contributed by atoms with van der Waals surface area (Å²) in [6.45, 7) is 1.23. The molecule has 0 aliphatic rings. The van der Waals surface area contributed by atoms with E-state index in [0.29, 0.717) is 19.0 Å². The van der Waals surface area contributed by atoms with E-state index in [4.69, 9.17) is 15.7 Å². The standard InChI is InChI=1S/C7H13N3O3/c1-12-4-2-3-10(8)6-5-7(11)13-9-6/h5,11H,2-4,8H2,1H3. The summed E-state index contributed by atoms with van der Waals surface area (Å²) in [7, 11) is 1.63. The minimum absolute atomic E-state index is 0.239. The molecule has 6 heteroatoms. The van der Waals surface area contributed by atoms with Crippen LogP contribution in [0.1, 0.15) is 6.42 Å². The van der Waals surface area contributed by atoms with Crippen LogP contribution in [-0.2, 0) is 4.74 Å². The summed E-state index contributed by atoms with van der Waals surface area (Å²) < 4.78 is 9.30. The summed E-state index contributed by atoms with van der Waals surface area (Å²) in [5.41, 5.74) is 0. The molecule has 6 nitrogen and oxygen atoms in total. The predicted octanol–water partition coefficient (Wildman–Crippen LogP) is 0.0968. The molecule has 13 heavy (non-hydrogen) atoms. The predicted molar refractivity (Wildman–Crippen MR) is 46.2 cm³/mol. The molecule has 0 saturated carbocycles. The van der Waals surface area contributed by atoms with Crippen molar-refractivity contribution < 1.29 is 14.4 Å². The molecule has 1 aromatic rings. The first-order valence-electron chi connectivity index (χ1n) is 3.91. The minimum Gasteiger partial charge on any atom is -0.479 e. The Kier molecular flexibility index (Phi) is 3.53. The van der Waals surface area contributed by atoms with E-state index >= 15 is 0 Å². The van der Waals surface area contributed by atoms with Crippen molar-refractivity contribution in [2.24, 2.45) is 5.84 Å². The Morgan fingerprint density at radius 3 is 3.08 bits per heavy atom. The quantitative estimate of drug-likeness (QED) is 0.386. The first-order chi connectivity index (χ1) is 6.24. The Bertz CT molecular complexity index is 251. The van der Waals surface area contributed by atoms with Gasteiger partial charge in [0.25, 0.3) is 0 Å². The maximum absolute atomic E-state index is 8.84. The highest BCUT2D eigenvalue weighted by molar-refractivity contribution is 5.37. The normalized spacial score (nSPS) is 10.3. The zero-order valence-corrected chi connectivity index (χ0v) is 7.43. The lowest BCUT2D eigenvalue weighted by molar-refractivity contribution is 0.196. The van der Waals surface area contributed by atoms with Crippen molar-refractivity contribution in [1.82, 2.24) is 5.16 Å². The zero-order valence-electron chi connectivity index (χ0n) is 7.43. The van der Waals surface area contributed by atoms with Gasteiger partial charge in [-0.25, -0.2) is 5.84 Å². The van der Waals surface area contributed by atoms with Crippen molar-refractivity contribution >= 4 is 5.82 Å². The van der Waals surface area contributed by atoms with Crippen LogP contribution >= 0.6 is 0 Å². The molecule has 1 rings (SSSR count). The van der Waals surface area contributed by atoms with Crippen LogP contribution in [0.4, 0.5) is 5.82 Å². The molecule has 1 heterocycles. The highest BCUT2D eigenvalue weighted by atomic mass is 16.5. The number of hydrogen-bond donors (Lipinski definition) is 2. The van der Waals surface area contributed by atoms with Crippen LogP contribution in [-0.4, -0.2) is 30.5 Å². The molecule has 0 spiro atoms. The average Bonchev–Trinajstić information content (AvgIpc) is 2.52. The third kappa shape index (κ3) is 2.92. The van der Waals surface area contributed by atoms with Crippen LogP contribution in [0.5, 0.6) is 5.95 Å². The van der Waals surface area contributed by atoms with Crippen LogP contribution in [0.3, 0.4) is 0 Å². The number of nitrogens with zero attached hydrogens (tertiary/aromatic N) is 2. The number of hydrazine groups is 1. The van der Waals surface area contributed by atoms with Gasteiger partial charge in [0.1, 0.15) is 0 Å². The number of methoxy groups -OCH3 is 1. The summed E-state index contributed by atoms with van der Waals surface area (Å²) in [6.07, 6.45) is 0.792. The molecule has 74 valence electrons. The second kappa shape index (κ2) is 4.68. The van der Waals surface area contributed by atoms with Gasteiger partial charge in [-0.3, -0.25) is 5.01 Å². The zero-order chi connectivity index (χ0) is 9.68. The van der Waals surface area contributed by atoms with Gasteiger partial charge in [0, 0.05) is 20.3 Å². The summed E-state index contributed by atoms with van der Waals surface area (Å²) in [5.74, 6) is 5.77. The lowest BCUT2D eigenvalue weighted by Gasteiger charge is -2.13. The Labute approximate surface area is 75.8 Å². The number of aromatic nitrogens is 1. The SMILES string of the molecule is COCCCN(N)c1cc(O)on1. The first-order valence-corrected chi connectivity index (χ1v) is 3.91. The van der Waals surface area contributed by atoms with Gasteiger partial charge in [0.05, 0.1) is 6.07 Å². The molecule has 0 radical (unpaired) electrons. The summed E-state index contributed by atoms with van der Waals surface area (Å²) >= 11 is 0. The molecule has 1 aromatic heterocycles. The lowest BCUT2D eigenvalue weighted by atomic mass is 10.4. The van der Waals surface area contributed by atoms with Gasteiger partial charge in [0.2, 0.25) is 0 Å². The number of anilines is 1. The Morgan fingerprint density at radius 2 is 2.54 bits per heavy atom. The summed E-state index contributed by atoms with van der Waals surface area (Å²) in [6, 6.07) is 1.35. The fourth-order valence-electron chi connectivity index (χ4n) is 0.886. The van der Waals surface area contributed by atoms with E-state index in [-0.39, 0.29) is 5.95 Å². The van der Waals surface area contributed by atoms with Crippen molar-refractivity contribution in [1.29, 1.82) is 0 Å². The maximum atomic E-state index is 8.84. The van der Waals surface area contributed by atoms with Crippen LogP contribution in [0, 0.1) is 0 Å². The molecular weight excluding hydrogens is 174 g/mol. The average molecular weight is 187 g/mol. The first kappa shape index (κ1) is 9.82. The van der Waals surface area contributed by atoms with Crippen LogP contribution < -0.4 is 10.9 Å². The van der Waals surface area contributed by atoms with Crippen molar-refractivity contribution in [3.05, 3.63) is 6.07 Å². The molecule has 0 aromatic carbocycles. The Balaban J connectivity index is 2.35. The fraction of sp³-hybridized carbons (Fsp3) is 0.571. The van der Waals surface area contributed by atoms with Crippen LogP contribution in [0.25, 0.3) is 0 Å². The number of aromatic hydroxyl groups is 1. The van der Waals surface area contributed by atoms with Gasteiger partial charge < -0.3 is 14.4 Å². The molecule has 0 fully saturated rings. The molecular formula is C7H13N3O3. The van der Waals surface area contributed by atoms with Gasteiger partial charge in [-0.05, 0) is 6.42 Å². The third-order valence-electron chi connectivity index (χ3n) is 1.53. The van der Waals surface area contributed by atoms with E-state index in [1.807, 2.05) is 0 Å². The van der Waals surface area contributed by atoms with E-state index in [1.165, 1.54) is 11.1 Å². The molecule has 3 N–H and O–H groups in total. The van der Waals surface area contributed by atoms with Gasteiger partial charge in [0.15, 0.2) is 5.82 Å². The van der Waals surface area contributed by atoms with Crippen molar-refractivity contribution in [3.63, 3.8) is 0 Å². The third-order valence-corrected chi connectivity index (χ3v) is 1.53. The van der Waals surface area contributed by atoms with Crippen LogP contribution in [0.2, 0.25) is 0 Å². The Hall–Kier alpha value is -1.27. The molecule has 0 saturated heterocycles. The molecule has 0 atom stereocenters. The largest absolute Gasteiger partial charge is 0.479 e. The van der Waals surface area contributed by atoms with E-state index in [9.17, 15) is 0 Å². The van der Waals surface area contributed by atoms with E-state index in [1.54, 1.807) is 7.11 Å². The molecule has 0 amide bonds. The van der Waals surface area contributed by atoms with Gasteiger partial charge in [-0.15, -0.1) is 0 Å². The number of hydrogen-bond acceptors (Lipinski definition) is 6. The summed E-state index contributed by atoms with van der Waals surface area (Å²) in [5, 5.41) is 13.8. The van der Waals surface area contributed by atoms with Gasteiger partial charge >= 0.3 is 5.95 Å². The monoisotopic (exact) mass is 187 g/mol. The maximum Gasteiger partial charge on any atom is 0.310 e. The molecule has 0 bridgehead atoms. The number of nitrogens with two attached hydrogens (primary N) is 1. The second-order valence-corrected chi connectivity index (χ2v) is 2.56. The van der Waals surface area contributed by atoms with E-state index < -0.39 is 0 Å². The lowest BCUT2D eigenvalue weighted by Crippen LogP contribution is -2.32. The number of rotatable bonds is 5. The van der Waals surface area contributed by atoms with E-state index in [0.717, 1.165) is 6.42 Å². The molecule has 0 aliphatic heterocycles. The summed E-state index contributed by atoms with van der Waals surface area (Å²) in [4.78, 5) is 0.